The van der Waals surface area contributed by atoms with Crippen LogP contribution in [0.2, 0.25) is 0 Å². The molecule has 28 heavy (non-hydrogen) atoms. The monoisotopic (exact) mass is 413 g/mol. The zero-order valence-electron chi connectivity index (χ0n) is 15.9. The summed E-state index contributed by atoms with van der Waals surface area (Å²) >= 11 is -0.605. The van der Waals surface area contributed by atoms with Crippen LogP contribution >= 0.6 is 0 Å². The van der Waals surface area contributed by atoms with Crippen LogP contribution in [0, 0.1) is 5.41 Å². The summed E-state index contributed by atoms with van der Waals surface area (Å²) in [6, 6.07) is 1.86. The van der Waals surface area contributed by atoms with Crippen molar-refractivity contribution in [3.8, 4) is 0 Å². The Morgan fingerprint density at radius 3 is 2.43 bits per heavy atom. The molecular formula is C20H26F3N3OS. The smallest absolute Gasteiger partial charge is 0.417 e. The van der Waals surface area contributed by atoms with Crippen molar-refractivity contribution in [1.29, 1.82) is 0 Å². The maximum Gasteiger partial charge on any atom is 0.417 e. The van der Waals surface area contributed by atoms with E-state index in [0.717, 1.165) is 87.4 Å². The number of rotatable bonds is 3. The fourth-order valence-electron chi connectivity index (χ4n) is 5.19. The minimum absolute atomic E-state index is 0.237. The van der Waals surface area contributed by atoms with Crippen molar-refractivity contribution in [1.82, 2.24) is 9.88 Å². The lowest BCUT2D eigenvalue weighted by Gasteiger charge is -2.41. The van der Waals surface area contributed by atoms with Gasteiger partial charge in [-0.2, -0.15) is 13.2 Å². The zero-order chi connectivity index (χ0) is 19.5. The molecule has 3 saturated heterocycles. The maximum absolute atomic E-state index is 13.1. The first kappa shape index (κ1) is 19.0. The highest BCUT2D eigenvalue weighted by atomic mass is 32.2. The Balaban J connectivity index is 1.25. The van der Waals surface area contributed by atoms with Crippen molar-refractivity contribution < 1.29 is 17.7 Å². The summed E-state index contributed by atoms with van der Waals surface area (Å²) in [6.07, 6.45) is 1.78. The molecule has 8 heteroatoms. The molecule has 154 valence electrons. The topological polar surface area (TPSA) is 42.4 Å². The molecule has 1 aromatic heterocycles. The highest BCUT2D eigenvalue weighted by Crippen LogP contribution is 2.46. The second kappa shape index (κ2) is 6.77. The predicted molar refractivity (Wildman–Crippen MR) is 103 cm³/mol. The van der Waals surface area contributed by atoms with Gasteiger partial charge in [0.05, 0.1) is 11.0 Å². The molecule has 0 unspecified atom stereocenters. The third kappa shape index (κ3) is 3.52. The maximum atomic E-state index is 13.1. The number of likely N-dealkylation sites (tertiary alicyclic amines) is 1. The molecule has 4 aliphatic rings. The molecule has 1 aromatic rings. The lowest BCUT2D eigenvalue weighted by Crippen LogP contribution is -2.52. The number of hydrogen-bond donors (Lipinski definition) is 0. The van der Waals surface area contributed by atoms with E-state index < -0.39 is 22.9 Å². The number of piperidine rings is 1. The zero-order valence-corrected chi connectivity index (χ0v) is 16.7. The number of nitrogens with zero attached hydrogens (tertiary/aromatic N) is 3. The van der Waals surface area contributed by atoms with Crippen molar-refractivity contribution in [2.24, 2.45) is 5.41 Å². The van der Waals surface area contributed by atoms with Gasteiger partial charge in [0.2, 0.25) is 0 Å². The molecule has 1 saturated carbocycles. The van der Waals surface area contributed by atoms with Gasteiger partial charge in [-0.25, -0.2) is 4.98 Å². The van der Waals surface area contributed by atoms with Crippen molar-refractivity contribution >= 4 is 17.0 Å². The van der Waals surface area contributed by atoms with Crippen LogP contribution in [0.3, 0.4) is 0 Å². The molecule has 4 nitrogen and oxygen atoms in total. The van der Waals surface area contributed by atoms with Gasteiger partial charge in [0.15, 0.2) is 0 Å². The number of anilines is 1. The third-order valence-electron chi connectivity index (χ3n) is 6.92. The molecule has 4 fully saturated rings. The van der Waals surface area contributed by atoms with Gasteiger partial charge in [-0.3, -0.25) is 4.90 Å². The van der Waals surface area contributed by atoms with Gasteiger partial charge in [-0.15, -0.1) is 0 Å². The highest BCUT2D eigenvalue weighted by Gasteiger charge is 2.53. The average Bonchev–Trinajstić information content (AvgIpc) is 3.40. The van der Waals surface area contributed by atoms with Crippen molar-refractivity contribution in [2.45, 2.75) is 50.2 Å². The third-order valence-corrected chi connectivity index (χ3v) is 8.79. The number of pyridine rings is 1. The fraction of sp³-hybridized carbons (Fsp3) is 0.750. The summed E-state index contributed by atoms with van der Waals surface area (Å²) in [5, 5.41) is 0. The van der Waals surface area contributed by atoms with Crippen LogP contribution in [0.5, 0.6) is 0 Å². The Morgan fingerprint density at radius 2 is 1.82 bits per heavy atom. The van der Waals surface area contributed by atoms with E-state index in [4.69, 9.17) is 0 Å². The summed E-state index contributed by atoms with van der Waals surface area (Å²) in [4.78, 5) is 9.02. The first-order valence-corrected chi connectivity index (χ1v) is 11.7. The van der Waals surface area contributed by atoms with Crippen LogP contribution < -0.4 is 4.90 Å². The average molecular weight is 414 g/mol. The minimum Gasteiger partial charge on any atom is -0.616 e. The Bertz CT molecular complexity index is 741. The molecule has 0 atom stereocenters. The van der Waals surface area contributed by atoms with E-state index in [1.54, 1.807) is 0 Å². The van der Waals surface area contributed by atoms with E-state index in [-0.39, 0.29) is 5.92 Å². The van der Waals surface area contributed by atoms with Gasteiger partial charge in [-0.05, 0) is 56.2 Å². The van der Waals surface area contributed by atoms with E-state index in [1.807, 2.05) is 0 Å². The quantitative estimate of drug-likeness (QED) is 0.713. The van der Waals surface area contributed by atoms with Crippen molar-refractivity contribution in [3.63, 3.8) is 0 Å². The van der Waals surface area contributed by atoms with Gasteiger partial charge < -0.3 is 9.45 Å². The Morgan fingerprint density at radius 1 is 1.11 bits per heavy atom. The lowest BCUT2D eigenvalue weighted by atomic mass is 9.91. The molecule has 1 aliphatic carbocycles. The van der Waals surface area contributed by atoms with Crippen LogP contribution in [0.25, 0.3) is 0 Å². The summed E-state index contributed by atoms with van der Waals surface area (Å²) in [5.41, 5.74) is 0.453. The van der Waals surface area contributed by atoms with E-state index in [1.165, 1.54) is 6.07 Å². The SMILES string of the molecule is [O-][S+]1CC2(CCN(C3CCN(c4ncc(C(F)(F)F)cc4C4CC4)CC3)C2)C1. The van der Waals surface area contributed by atoms with E-state index >= 15 is 0 Å². The van der Waals surface area contributed by atoms with Crippen molar-refractivity contribution in [2.75, 3.05) is 42.6 Å². The standard InChI is InChI=1S/C20H26F3N3OS/c21-20(22,23)15-9-17(14-1-2-14)18(24-10-15)25-6-3-16(4-7-25)26-8-5-19(11-26)12-28(27)13-19/h9-10,14,16H,1-8,11-13H2. The second-order valence-electron chi connectivity index (χ2n) is 9.08. The molecule has 0 bridgehead atoms. The Kier molecular flexibility index (Phi) is 4.60. The second-order valence-corrected chi connectivity index (χ2v) is 10.5. The number of halogens is 3. The first-order valence-electron chi connectivity index (χ1n) is 10.2. The van der Waals surface area contributed by atoms with E-state index in [9.17, 15) is 17.7 Å². The van der Waals surface area contributed by atoms with Crippen molar-refractivity contribution in [3.05, 3.63) is 23.4 Å². The fourth-order valence-corrected chi connectivity index (χ4v) is 6.94. The van der Waals surface area contributed by atoms with Gasteiger partial charge in [0, 0.05) is 31.9 Å². The summed E-state index contributed by atoms with van der Waals surface area (Å²) in [5.74, 6) is 2.73. The molecule has 3 aliphatic heterocycles. The molecule has 0 N–H and O–H groups in total. The summed E-state index contributed by atoms with van der Waals surface area (Å²) < 4.78 is 50.8. The van der Waals surface area contributed by atoms with Gasteiger partial charge in [0.1, 0.15) is 17.3 Å². The van der Waals surface area contributed by atoms with Crippen LogP contribution in [0.15, 0.2) is 12.3 Å². The van der Waals surface area contributed by atoms with Crippen LogP contribution in [-0.2, 0) is 17.4 Å². The molecule has 0 amide bonds. The molecule has 0 aromatic carbocycles. The van der Waals surface area contributed by atoms with Crippen LogP contribution in [0.4, 0.5) is 19.0 Å². The van der Waals surface area contributed by atoms with Gasteiger partial charge in [0.25, 0.3) is 0 Å². The number of aromatic nitrogens is 1. The van der Waals surface area contributed by atoms with Crippen LogP contribution in [-0.4, -0.2) is 58.2 Å². The number of hydrogen-bond acceptors (Lipinski definition) is 4. The minimum atomic E-state index is -4.33. The van der Waals surface area contributed by atoms with Gasteiger partial charge in [-0.1, -0.05) is 11.2 Å². The number of alkyl halides is 3. The predicted octanol–water partition coefficient (Wildman–Crippen LogP) is 3.40. The molecular weight excluding hydrogens is 387 g/mol. The highest BCUT2D eigenvalue weighted by molar-refractivity contribution is 7.92. The lowest BCUT2D eigenvalue weighted by molar-refractivity contribution is -0.137. The largest absolute Gasteiger partial charge is 0.616 e. The van der Waals surface area contributed by atoms with E-state index in [2.05, 4.69) is 14.8 Å². The van der Waals surface area contributed by atoms with Crippen LogP contribution in [0.1, 0.15) is 49.1 Å². The Labute approximate surface area is 166 Å². The molecule has 1 spiro atoms. The normalized spacial score (nSPS) is 32.1. The summed E-state index contributed by atoms with van der Waals surface area (Å²) in [6.45, 7) is 3.85. The molecule has 0 radical (unpaired) electrons. The summed E-state index contributed by atoms with van der Waals surface area (Å²) in [7, 11) is 0. The first-order chi connectivity index (χ1) is 13.3. The van der Waals surface area contributed by atoms with Gasteiger partial charge >= 0.3 is 6.18 Å². The molecule has 5 rings (SSSR count). The Hall–Kier alpha value is -0.990. The molecule has 4 heterocycles. The van der Waals surface area contributed by atoms with E-state index in [0.29, 0.717) is 11.5 Å².